The minimum absolute atomic E-state index is 0.00577. The summed E-state index contributed by atoms with van der Waals surface area (Å²) in [5.41, 5.74) is 1.83. The van der Waals surface area contributed by atoms with Crippen LogP contribution in [0.4, 0.5) is 0 Å². The maximum absolute atomic E-state index is 13.9. The van der Waals surface area contributed by atoms with E-state index in [4.69, 9.17) is 28.9 Å². The number of nitriles is 1. The fourth-order valence-electron chi connectivity index (χ4n) is 4.35. The van der Waals surface area contributed by atoms with E-state index in [1.165, 1.54) is 39.1 Å². The van der Waals surface area contributed by atoms with Crippen LogP contribution in [0.3, 0.4) is 0 Å². The molecule has 1 aromatic carbocycles. The number of carbonyl (C=O) groups is 1. The number of aryl methyl sites for hydroxylation is 1. The van der Waals surface area contributed by atoms with Gasteiger partial charge in [-0.2, -0.15) is 5.26 Å². The van der Waals surface area contributed by atoms with Crippen molar-refractivity contribution in [1.29, 1.82) is 5.26 Å². The third kappa shape index (κ3) is 5.17. The van der Waals surface area contributed by atoms with Crippen LogP contribution in [0.1, 0.15) is 21.7 Å². The molecule has 0 aliphatic carbocycles. The predicted molar refractivity (Wildman–Crippen MR) is 142 cm³/mol. The Morgan fingerprint density at radius 2 is 1.74 bits per heavy atom. The molecule has 0 aliphatic rings. The van der Waals surface area contributed by atoms with Crippen LogP contribution in [-0.4, -0.2) is 55.6 Å². The predicted octanol–water partition coefficient (Wildman–Crippen LogP) is 3.53. The van der Waals surface area contributed by atoms with Crippen molar-refractivity contribution in [2.24, 2.45) is 0 Å². The van der Waals surface area contributed by atoms with Gasteiger partial charge in [-0.05, 0) is 48.4 Å². The van der Waals surface area contributed by atoms with Crippen LogP contribution < -0.4 is 24.5 Å². The first-order valence-electron chi connectivity index (χ1n) is 11.7. The fraction of sp³-hybridized carbons (Fsp3) is 0.250. The molecular formula is C28H26N4O7. The third-order valence-electron chi connectivity index (χ3n) is 6.01. The molecule has 11 heteroatoms. The Kier molecular flexibility index (Phi) is 7.96. The summed E-state index contributed by atoms with van der Waals surface area (Å²) < 4.78 is 28.4. The summed E-state index contributed by atoms with van der Waals surface area (Å²) >= 11 is 0. The first kappa shape index (κ1) is 26.9. The average Bonchev–Trinajstić information content (AvgIpc) is 2.96. The van der Waals surface area contributed by atoms with Crippen LogP contribution in [0.2, 0.25) is 0 Å². The number of aromatic nitrogens is 3. The second-order valence-corrected chi connectivity index (χ2v) is 8.32. The van der Waals surface area contributed by atoms with E-state index in [1.54, 1.807) is 30.5 Å². The van der Waals surface area contributed by atoms with Crippen molar-refractivity contribution in [3.8, 4) is 40.3 Å². The number of nitrogens with zero attached hydrogens (tertiary/aromatic N) is 4. The highest BCUT2D eigenvalue weighted by molar-refractivity contribution is 6.06. The molecule has 0 aliphatic heterocycles. The van der Waals surface area contributed by atoms with Gasteiger partial charge in [0.25, 0.3) is 5.56 Å². The largest absolute Gasteiger partial charge is 0.493 e. The molecular weight excluding hydrogens is 504 g/mol. The minimum Gasteiger partial charge on any atom is -0.493 e. The number of pyridine rings is 3. The van der Waals surface area contributed by atoms with E-state index in [2.05, 4.69) is 9.97 Å². The molecule has 0 saturated carbocycles. The normalized spacial score (nSPS) is 10.6. The number of fused-ring (bicyclic) bond motifs is 1. The summed E-state index contributed by atoms with van der Waals surface area (Å²) in [5, 5.41) is 9.29. The molecule has 0 amide bonds. The van der Waals surface area contributed by atoms with E-state index in [0.717, 1.165) is 11.3 Å². The Bertz CT molecular complexity index is 1630. The Morgan fingerprint density at radius 3 is 2.33 bits per heavy atom. The molecule has 0 unspecified atom stereocenters. The summed E-state index contributed by atoms with van der Waals surface area (Å²) in [6, 6.07) is 11.9. The molecule has 0 spiro atoms. The molecule has 39 heavy (non-hydrogen) atoms. The molecule has 3 heterocycles. The summed E-state index contributed by atoms with van der Waals surface area (Å²) in [6.07, 6.45) is 1.63. The fourth-order valence-corrected chi connectivity index (χ4v) is 4.35. The number of methoxy groups -OCH3 is 4. The van der Waals surface area contributed by atoms with Crippen molar-refractivity contribution in [2.75, 3.05) is 35.0 Å². The summed E-state index contributed by atoms with van der Waals surface area (Å²) in [7, 11) is 5.69. The van der Waals surface area contributed by atoms with Crippen LogP contribution in [0.25, 0.3) is 22.0 Å². The average molecular weight is 531 g/mol. The second-order valence-electron chi connectivity index (χ2n) is 8.32. The lowest BCUT2D eigenvalue weighted by molar-refractivity contribution is 0.0588. The lowest BCUT2D eigenvalue weighted by Crippen LogP contribution is -2.29. The van der Waals surface area contributed by atoms with Crippen molar-refractivity contribution < 1.29 is 28.5 Å². The first-order chi connectivity index (χ1) is 18.9. The van der Waals surface area contributed by atoms with Gasteiger partial charge < -0.3 is 23.7 Å². The van der Waals surface area contributed by atoms with E-state index in [0.29, 0.717) is 33.8 Å². The zero-order chi connectivity index (χ0) is 28.1. The number of esters is 1. The van der Waals surface area contributed by atoms with Gasteiger partial charge in [0.1, 0.15) is 17.3 Å². The third-order valence-corrected chi connectivity index (χ3v) is 6.01. The van der Waals surface area contributed by atoms with Crippen molar-refractivity contribution in [3.63, 3.8) is 0 Å². The summed E-state index contributed by atoms with van der Waals surface area (Å²) in [4.78, 5) is 35.9. The standard InChI is InChI=1S/C28H26N4O7/c1-16-12-17(8-10-30-16)15-32-25(28(34)38-5)23(18-13-20(35-2)26(37-4)21(14-18)36-3)19-6-7-22(39-11-9-29)31-24(19)27(32)33/h6-8,10,12-14H,11,15H2,1-5H3. The lowest BCUT2D eigenvalue weighted by Gasteiger charge is -2.20. The van der Waals surface area contributed by atoms with E-state index in [9.17, 15) is 9.59 Å². The molecule has 0 saturated heterocycles. The van der Waals surface area contributed by atoms with Crippen molar-refractivity contribution >= 4 is 16.9 Å². The maximum atomic E-state index is 13.9. The van der Waals surface area contributed by atoms with E-state index < -0.39 is 11.5 Å². The second kappa shape index (κ2) is 11.5. The Morgan fingerprint density at radius 1 is 1.03 bits per heavy atom. The quantitative estimate of drug-likeness (QED) is 0.296. The zero-order valence-electron chi connectivity index (χ0n) is 22.1. The van der Waals surface area contributed by atoms with Gasteiger partial charge in [-0.1, -0.05) is 0 Å². The van der Waals surface area contributed by atoms with Crippen LogP contribution in [-0.2, 0) is 11.3 Å². The minimum atomic E-state index is -0.728. The van der Waals surface area contributed by atoms with Gasteiger partial charge in [0.15, 0.2) is 18.1 Å². The lowest BCUT2D eigenvalue weighted by atomic mass is 9.97. The van der Waals surface area contributed by atoms with Crippen molar-refractivity contribution in [1.82, 2.24) is 14.5 Å². The number of ether oxygens (including phenoxy) is 5. The first-order valence-corrected chi connectivity index (χ1v) is 11.7. The van der Waals surface area contributed by atoms with Gasteiger partial charge in [0.2, 0.25) is 11.6 Å². The van der Waals surface area contributed by atoms with Crippen LogP contribution in [0.5, 0.6) is 23.1 Å². The van der Waals surface area contributed by atoms with Gasteiger partial charge in [-0.25, -0.2) is 9.78 Å². The monoisotopic (exact) mass is 530 g/mol. The number of carbonyl (C=O) groups excluding carboxylic acids is 1. The van der Waals surface area contributed by atoms with Gasteiger partial charge >= 0.3 is 5.97 Å². The van der Waals surface area contributed by atoms with Gasteiger partial charge in [0, 0.05) is 28.9 Å². The maximum Gasteiger partial charge on any atom is 0.355 e. The molecule has 0 atom stereocenters. The van der Waals surface area contributed by atoms with Crippen LogP contribution >= 0.6 is 0 Å². The molecule has 200 valence electrons. The molecule has 0 radical (unpaired) electrons. The van der Waals surface area contributed by atoms with Crippen molar-refractivity contribution in [2.45, 2.75) is 13.5 Å². The van der Waals surface area contributed by atoms with Crippen molar-refractivity contribution in [3.05, 3.63) is 69.9 Å². The van der Waals surface area contributed by atoms with E-state index in [1.807, 2.05) is 19.1 Å². The topological polar surface area (TPSA) is 135 Å². The van der Waals surface area contributed by atoms with Gasteiger partial charge in [-0.15, -0.1) is 0 Å². The molecule has 11 nitrogen and oxygen atoms in total. The number of rotatable bonds is 9. The number of benzene rings is 1. The van der Waals surface area contributed by atoms with Gasteiger partial charge in [-0.3, -0.25) is 14.3 Å². The molecule has 0 fully saturated rings. The van der Waals surface area contributed by atoms with E-state index in [-0.39, 0.29) is 30.2 Å². The molecule has 0 N–H and O–H groups in total. The Hall–Kier alpha value is -5.11. The highest BCUT2D eigenvalue weighted by atomic mass is 16.5. The number of hydrogen-bond donors (Lipinski definition) is 0. The highest BCUT2D eigenvalue weighted by Crippen LogP contribution is 2.43. The molecule has 0 bridgehead atoms. The molecule has 4 aromatic rings. The summed E-state index contributed by atoms with van der Waals surface area (Å²) in [6.45, 7) is 1.61. The van der Waals surface area contributed by atoms with E-state index >= 15 is 0 Å². The SMILES string of the molecule is COC(=O)c1c(-c2cc(OC)c(OC)c(OC)c2)c2ccc(OCC#N)nc2c(=O)n1Cc1ccnc(C)c1. The molecule has 3 aromatic heterocycles. The van der Waals surface area contributed by atoms with Crippen LogP contribution in [0, 0.1) is 18.3 Å². The zero-order valence-corrected chi connectivity index (χ0v) is 22.1. The Labute approximate surface area is 224 Å². The van der Waals surface area contributed by atoms with Gasteiger partial charge in [0.05, 0.1) is 35.0 Å². The highest BCUT2D eigenvalue weighted by Gasteiger charge is 2.27. The summed E-state index contributed by atoms with van der Waals surface area (Å²) in [5.74, 6) is 0.418. The number of hydrogen-bond acceptors (Lipinski definition) is 10. The van der Waals surface area contributed by atoms with Crippen LogP contribution in [0.15, 0.2) is 47.4 Å². The Balaban J connectivity index is 2.15. The smallest absolute Gasteiger partial charge is 0.355 e. The molecule has 4 rings (SSSR count).